The van der Waals surface area contributed by atoms with Crippen molar-refractivity contribution in [1.82, 2.24) is 5.32 Å². The van der Waals surface area contributed by atoms with Crippen molar-refractivity contribution in [2.24, 2.45) is 17.3 Å². The van der Waals surface area contributed by atoms with E-state index >= 15 is 0 Å². The van der Waals surface area contributed by atoms with Crippen molar-refractivity contribution in [3.8, 4) is 0 Å². The monoisotopic (exact) mass is 239 g/mol. The van der Waals surface area contributed by atoms with Crippen LogP contribution in [0.5, 0.6) is 0 Å². The third kappa shape index (κ3) is 4.62. The minimum atomic E-state index is 0.560. The van der Waals surface area contributed by atoms with Gasteiger partial charge in [-0.05, 0) is 43.1 Å². The molecule has 2 unspecified atom stereocenters. The highest BCUT2D eigenvalue weighted by Crippen LogP contribution is 2.45. The van der Waals surface area contributed by atoms with E-state index in [1.807, 2.05) is 0 Å². The third-order valence-corrected chi connectivity index (χ3v) is 4.59. The summed E-state index contributed by atoms with van der Waals surface area (Å²) in [6, 6.07) is 0.760. The Morgan fingerprint density at radius 1 is 1.24 bits per heavy atom. The van der Waals surface area contributed by atoms with Gasteiger partial charge in [0, 0.05) is 6.04 Å². The first-order valence-electron chi connectivity index (χ1n) is 7.70. The molecule has 0 amide bonds. The van der Waals surface area contributed by atoms with E-state index in [1.165, 1.54) is 38.5 Å². The van der Waals surface area contributed by atoms with Crippen LogP contribution in [0.3, 0.4) is 0 Å². The summed E-state index contributed by atoms with van der Waals surface area (Å²) < 4.78 is 0. The van der Waals surface area contributed by atoms with E-state index in [4.69, 9.17) is 0 Å². The van der Waals surface area contributed by atoms with Crippen LogP contribution in [0.2, 0.25) is 0 Å². The van der Waals surface area contributed by atoms with Gasteiger partial charge >= 0.3 is 0 Å². The standard InChI is InChI=1S/C16H33N/c1-6-17-15(11-7-9-13(2)3)14-10-8-12-16(14,4)5/h13-15,17H,6-12H2,1-5H3. The second-order valence-electron chi connectivity index (χ2n) is 6.98. The average Bonchev–Trinajstić information content (AvgIpc) is 2.56. The van der Waals surface area contributed by atoms with Gasteiger partial charge in [-0.1, -0.05) is 53.9 Å². The van der Waals surface area contributed by atoms with Crippen molar-refractivity contribution < 1.29 is 0 Å². The number of hydrogen-bond donors (Lipinski definition) is 1. The van der Waals surface area contributed by atoms with Gasteiger partial charge in [0.25, 0.3) is 0 Å². The van der Waals surface area contributed by atoms with Gasteiger partial charge in [-0.25, -0.2) is 0 Å². The molecular formula is C16H33N. The van der Waals surface area contributed by atoms with Gasteiger partial charge < -0.3 is 5.32 Å². The van der Waals surface area contributed by atoms with Crippen molar-refractivity contribution in [2.75, 3.05) is 6.54 Å². The second-order valence-corrected chi connectivity index (χ2v) is 6.98. The lowest BCUT2D eigenvalue weighted by Crippen LogP contribution is -2.40. The zero-order chi connectivity index (χ0) is 12.9. The summed E-state index contributed by atoms with van der Waals surface area (Å²) in [7, 11) is 0. The molecule has 0 spiro atoms. The van der Waals surface area contributed by atoms with Gasteiger partial charge in [-0.3, -0.25) is 0 Å². The molecule has 0 aliphatic heterocycles. The van der Waals surface area contributed by atoms with E-state index in [0.29, 0.717) is 5.41 Å². The molecule has 1 saturated carbocycles. The lowest BCUT2D eigenvalue weighted by Gasteiger charge is -2.35. The van der Waals surface area contributed by atoms with Gasteiger partial charge in [0.05, 0.1) is 0 Å². The summed E-state index contributed by atoms with van der Waals surface area (Å²) in [5.41, 5.74) is 0.560. The van der Waals surface area contributed by atoms with Crippen molar-refractivity contribution in [1.29, 1.82) is 0 Å². The lowest BCUT2D eigenvalue weighted by atomic mass is 9.76. The fourth-order valence-electron chi connectivity index (χ4n) is 3.55. The number of nitrogens with one attached hydrogen (secondary N) is 1. The zero-order valence-electron chi connectivity index (χ0n) is 12.7. The third-order valence-electron chi connectivity index (χ3n) is 4.59. The van der Waals surface area contributed by atoms with Gasteiger partial charge in [-0.2, -0.15) is 0 Å². The van der Waals surface area contributed by atoms with Crippen molar-refractivity contribution in [2.45, 2.75) is 79.2 Å². The Morgan fingerprint density at radius 3 is 2.41 bits per heavy atom. The molecule has 17 heavy (non-hydrogen) atoms. The van der Waals surface area contributed by atoms with Crippen LogP contribution < -0.4 is 5.32 Å². The van der Waals surface area contributed by atoms with Gasteiger partial charge in [0.15, 0.2) is 0 Å². The van der Waals surface area contributed by atoms with E-state index in [-0.39, 0.29) is 0 Å². The summed E-state index contributed by atoms with van der Waals surface area (Å²) >= 11 is 0. The SMILES string of the molecule is CCNC(CCCC(C)C)C1CCCC1(C)C. The first-order chi connectivity index (χ1) is 7.97. The van der Waals surface area contributed by atoms with E-state index in [2.05, 4.69) is 39.9 Å². The van der Waals surface area contributed by atoms with Crippen LogP contribution in [-0.2, 0) is 0 Å². The molecule has 102 valence electrons. The predicted octanol–water partition coefficient (Wildman–Crippen LogP) is 4.62. The Hall–Kier alpha value is -0.0400. The molecule has 1 nitrogen and oxygen atoms in total. The molecule has 0 radical (unpaired) electrons. The molecule has 1 fully saturated rings. The molecule has 0 aromatic heterocycles. The van der Waals surface area contributed by atoms with Crippen LogP contribution >= 0.6 is 0 Å². The maximum atomic E-state index is 3.75. The Labute approximate surface area is 109 Å². The molecule has 1 N–H and O–H groups in total. The highest BCUT2D eigenvalue weighted by Gasteiger charge is 2.38. The Bertz CT molecular complexity index is 208. The van der Waals surface area contributed by atoms with Gasteiger partial charge in [0.2, 0.25) is 0 Å². The molecule has 0 aromatic rings. The summed E-state index contributed by atoms with van der Waals surface area (Å²) in [6.07, 6.45) is 8.44. The lowest BCUT2D eigenvalue weighted by molar-refractivity contribution is 0.187. The molecular weight excluding hydrogens is 206 g/mol. The minimum absolute atomic E-state index is 0.560. The van der Waals surface area contributed by atoms with Crippen LogP contribution in [0.25, 0.3) is 0 Å². The molecule has 1 aliphatic rings. The molecule has 1 aliphatic carbocycles. The van der Waals surface area contributed by atoms with Crippen molar-refractivity contribution in [3.63, 3.8) is 0 Å². The highest BCUT2D eigenvalue weighted by molar-refractivity contribution is 4.92. The first kappa shape index (κ1) is 15.0. The number of hydrogen-bond acceptors (Lipinski definition) is 1. The van der Waals surface area contributed by atoms with Crippen LogP contribution in [0, 0.1) is 17.3 Å². The van der Waals surface area contributed by atoms with E-state index < -0.39 is 0 Å². The van der Waals surface area contributed by atoms with Crippen molar-refractivity contribution in [3.05, 3.63) is 0 Å². The van der Waals surface area contributed by atoms with Crippen LogP contribution in [-0.4, -0.2) is 12.6 Å². The van der Waals surface area contributed by atoms with Crippen LogP contribution in [0.1, 0.15) is 73.1 Å². The molecule has 0 saturated heterocycles. The summed E-state index contributed by atoms with van der Waals surface area (Å²) in [6.45, 7) is 13.0. The second kappa shape index (κ2) is 6.78. The smallest absolute Gasteiger partial charge is 0.0100 e. The average molecular weight is 239 g/mol. The maximum absolute atomic E-state index is 3.75. The number of rotatable bonds is 7. The summed E-state index contributed by atoms with van der Waals surface area (Å²) in [4.78, 5) is 0. The molecule has 0 heterocycles. The largest absolute Gasteiger partial charge is 0.314 e. The van der Waals surface area contributed by atoms with E-state index in [0.717, 1.165) is 24.4 Å². The van der Waals surface area contributed by atoms with Gasteiger partial charge in [0.1, 0.15) is 0 Å². The molecule has 0 aromatic carbocycles. The topological polar surface area (TPSA) is 12.0 Å². The molecule has 0 bridgehead atoms. The zero-order valence-corrected chi connectivity index (χ0v) is 12.7. The van der Waals surface area contributed by atoms with Crippen LogP contribution in [0.15, 0.2) is 0 Å². The fraction of sp³-hybridized carbons (Fsp3) is 1.00. The summed E-state index contributed by atoms with van der Waals surface area (Å²) in [5, 5.41) is 3.75. The molecule has 1 rings (SSSR count). The Morgan fingerprint density at radius 2 is 1.94 bits per heavy atom. The normalized spacial score (nSPS) is 25.4. The highest BCUT2D eigenvalue weighted by atomic mass is 14.9. The molecule has 2 atom stereocenters. The molecule has 1 heteroatoms. The predicted molar refractivity (Wildman–Crippen MR) is 77.3 cm³/mol. The maximum Gasteiger partial charge on any atom is 0.0100 e. The minimum Gasteiger partial charge on any atom is -0.314 e. The summed E-state index contributed by atoms with van der Waals surface area (Å²) in [5.74, 6) is 1.75. The van der Waals surface area contributed by atoms with E-state index in [1.54, 1.807) is 0 Å². The fourth-order valence-corrected chi connectivity index (χ4v) is 3.55. The Kier molecular flexibility index (Phi) is 5.99. The van der Waals surface area contributed by atoms with Gasteiger partial charge in [-0.15, -0.1) is 0 Å². The van der Waals surface area contributed by atoms with Crippen molar-refractivity contribution >= 4 is 0 Å². The quantitative estimate of drug-likeness (QED) is 0.683. The Balaban J connectivity index is 2.47. The van der Waals surface area contributed by atoms with Crippen LogP contribution in [0.4, 0.5) is 0 Å². The first-order valence-corrected chi connectivity index (χ1v) is 7.70. The van der Waals surface area contributed by atoms with E-state index in [9.17, 15) is 0 Å².